The normalized spacial score (nSPS) is 19.6. The van der Waals surface area contributed by atoms with E-state index in [1.165, 1.54) is 7.11 Å². The Morgan fingerprint density at radius 1 is 1.20 bits per heavy atom. The van der Waals surface area contributed by atoms with E-state index in [1.807, 2.05) is 24.3 Å². The first kappa shape index (κ1) is 16.5. The molecule has 0 aliphatic carbocycles. The van der Waals surface area contributed by atoms with E-state index < -0.39 is 6.04 Å². The van der Waals surface area contributed by atoms with Crippen LogP contribution >= 0.6 is 23.2 Å². The zero-order valence-corrected chi connectivity index (χ0v) is 15.0. The number of benzene rings is 2. The maximum absolute atomic E-state index is 12.2. The molecule has 1 aromatic heterocycles. The smallest absolute Gasteiger partial charge is 0.323 e. The number of aromatic amines is 1. The number of hydrogen-bond acceptors (Lipinski definition) is 3. The second kappa shape index (κ2) is 6.37. The van der Waals surface area contributed by atoms with Crippen LogP contribution < -0.4 is 5.32 Å². The molecule has 0 fully saturated rings. The molecular formula is C19H16Cl2N2O2. The van der Waals surface area contributed by atoms with Gasteiger partial charge < -0.3 is 9.72 Å². The molecule has 2 atom stereocenters. The summed E-state index contributed by atoms with van der Waals surface area (Å²) in [6, 6.07) is 12.8. The van der Waals surface area contributed by atoms with Gasteiger partial charge in [0.2, 0.25) is 0 Å². The first-order valence-corrected chi connectivity index (χ1v) is 8.72. The molecule has 25 heavy (non-hydrogen) atoms. The van der Waals surface area contributed by atoms with Gasteiger partial charge in [0.25, 0.3) is 0 Å². The summed E-state index contributed by atoms with van der Waals surface area (Å²) in [5, 5.41) is 5.61. The van der Waals surface area contributed by atoms with Crippen molar-refractivity contribution < 1.29 is 9.53 Å². The molecule has 4 nitrogen and oxygen atoms in total. The number of aromatic nitrogens is 1. The molecule has 1 aliphatic heterocycles. The molecule has 1 aliphatic rings. The SMILES string of the molecule is COC(=O)C1Cc2c([nH]c3ccccc23)C(c2ccc(Cl)cc2Cl)N1. The highest BCUT2D eigenvalue weighted by Crippen LogP contribution is 2.38. The Balaban J connectivity index is 1.90. The lowest BCUT2D eigenvalue weighted by Crippen LogP contribution is -2.45. The fourth-order valence-corrected chi connectivity index (χ4v) is 4.03. The average Bonchev–Trinajstić information content (AvgIpc) is 2.99. The summed E-state index contributed by atoms with van der Waals surface area (Å²) in [6.07, 6.45) is 0.563. The van der Waals surface area contributed by atoms with E-state index in [0.29, 0.717) is 16.5 Å². The van der Waals surface area contributed by atoms with Crippen LogP contribution in [0, 0.1) is 0 Å². The third kappa shape index (κ3) is 2.80. The Bertz CT molecular complexity index is 967. The minimum atomic E-state index is -0.437. The third-order valence-electron chi connectivity index (χ3n) is 4.67. The Morgan fingerprint density at radius 3 is 2.76 bits per heavy atom. The summed E-state index contributed by atoms with van der Waals surface area (Å²) in [5.41, 5.74) is 4.04. The van der Waals surface area contributed by atoms with E-state index >= 15 is 0 Å². The van der Waals surface area contributed by atoms with Gasteiger partial charge in [0.05, 0.1) is 13.2 Å². The first-order valence-electron chi connectivity index (χ1n) is 7.97. The number of H-pyrrole nitrogens is 1. The first-order chi connectivity index (χ1) is 12.1. The molecule has 0 saturated carbocycles. The zero-order chi connectivity index (χ0) is 17.6. The molecule has 0 saturated heterocycles. The highest BCUT2D eigenvalue weighted by Gasteiger charge is 2.35. The maximum Gasteiger partial charge on any atom is 0.323 e. The van der Waals surface area contributed by atoms with E-state index in [9.17, 15) is 4.79 Å². The molecule has 3 aromatic rings. The number of fused-ring (bicyclic) bond motifs is 3. The van der Waals surface area contributed by atoms with Gasteiger partial charge in [0.1, 0.15) is 6.04 Å². The van der Waals surface area contributed by atoms with E-state index in [1.54, 1.807) is 12.1 Å². The molecule has 0 spiro atoms. The largest absolute Gasteiger partial charge is 0.468 e. The molecule has 2 heterocycles. The van der Waals surface area contributed by atoms with E-state index in [4.69, 9.17) is 27.9 Å². The Labute approximate surface area is 155 Å². The Hall–Kier alpha value is -2.01. The van der Waals surface area contributed by atoms with Gasteiger partial charge in [-0.3, -0.25) is 10.1 Å². The summed E-state index contributed by atoms with van der Waals surface area (Å²) in [4.78, 5) is 15.7. The molecule has 128 valence electrons. The third-order valence-corrected chi connectivity index (χ3v) is 5.23. The van der Waals surface area contributed by atoms with Crippen LogP contribution in [0.5, 0.6) is 0 Å². The summed E-state index contributed by atoms with van der Waals surface area (Å²) < 4.78 is 4.96. The molecule has 0 radical (unpaired) electrons. The van der Waals surface area contributed by atoms with Crippen LogP contribution in [-0.4, -0.2) is 24.1 Å². The van der Waals surface area contributed by atoms with Gasteiger partial charge in [0, 0.05) is 33.1 Å². The number of para-hydroxylation sites is 1. The van der Waals surface area contributed by atoms with E-state index in [-0.39, 0.29) is 12.0 Å². The lowest BCUT2D eigenvalue weighted by atomic mass is 9.90. The van der Waals surface area contributed by atoms with E-state index in [2.05, 4.69) is 16.4 Å². The number of methoxy groups -OCH3 is 1. The number of nitrogens with one attached hydrogen (secondary N) is 2. The molecule has 2 aromatic carbocycles. The molecular weight excluding hydrogens is 359 g/mol. The van der Waals surface area contributed by atoms with Crippen LogP contribution in [0.2, 0.25) is 10.0 Å². The predicted octanol–water partition coefficient (Wildman–Crippen LogP) is 4.25. The van der Waals surface area contributed by atoms with Gasteiger partial charge in [-0.1, -0.05) is 47.5 Å². The number of ether oxygens (including phenoxy) is 1. The van der Waals surface area contributed by atoms with Gasteiger partial charge in [-0.05, 0) is 29.3 Å². The van der Waals surface area contributed by atoms with Crippen LogP contribution in [0.1, 0.15) is 22.9 Å². The quantitative estimate of drug-likeness (QED) is 0.659. The highest BCUT2D eigenvalue weighted by atomic mass is 35.5. The van der Waals surface area contributed by atoms with Gasteiger partial charge in [-0.2, -0.15) is 0 Å². The number of esters is 1. The molecule has 6 heteroatoms. The van der Waals surface area contributed by atoms with Crippen LogP contribution in [0.15, 0.2) is 42.5 Å². The van der Waals surface area contributed by atoms with Crippen molar-refractivity contribution in [3.63, 3.8) is 0 Å². The van der Waals surface area contributed by atoms with Crippen molar-refractivity contribution in [2.45, 2.75) is 18.5 Å². The van der Waals surface area contributed by atoms with Crippen molar-refractivity contribution in [2.24, 2.45) is 0 Å². The van der Waals surface area contributed by atoms with Gasteiger partial charge in [-0.15, -0.1) is 0 Å². The van der Waals surface area contributed by atoms with E-state index in [0.717, 1.165) is 27.7 Å². The number of carbonyl (C=O) groups is 1. The fraction of sp³-hybridized carbons (Fsp3) is 0.211. The monoisotopic (exact) mass is 374 g/mol. The molecule has 0 bridgehead atoms. The lowest BCUT2D eigenvalue weighted by Gasteiger charge is -2.30. The summed E-state index contributed by atoms with van der Waals surface area (Å²) in [6.45, 7) is 0. The fourth-order valence-electron chi connectivity index (χ4n) is 3.51. The highest BCUT2D eigenvalue weighted by molar-refractivity contribution is 6.35. The van der Waals surface area contributed by atoms with Crippen molar-refractivity contribution in [1.82, 2.24) is 10.3 Å². The van der Waals surface area contributed by atoms with Crippen molar-refractivity contribution in [3.8, 4) is 0 Å². The summed E-state index contributed by atoms with van der Waals surface area (Å²) >= 11 is 12.5. The molecule has 4 rings (SSSR count). The second-order valence-corrected chi connectivity index (χ2v) is 6.95. The van der Waals surface area contributed by atoms with Crippen LogP contribution in [0.4, 0.5) is 0 Å². The van der Waals surface area contributed by atoms with Crippen LogP contribution in [0.25, 0.3) is 10.9 Å². The number of hydrogen-bond donors (Lipinski definition) is 2. The zero-order valence-electron chi connectivity index (χ0n) is 13.5. The predicted molar refractivity (Wildman–Crippen MR) is 99.2 cm³/mol. The van der Waals surface area contributed by atoms with Crippen LogP contribution in [-0.2, 0) is 16.0 Å². The van der Waals surface area contributed by atoms with Gasteiger partial charge in [-0.25, -0.2) is 0 Å². The molecule has 0 amide bonds. The topological polar surface area (TPSA) is 54.1 Å². The van der Waals surface area contributed by atoms with Gasteiger partial charge in [0.15, 0.2) is 0 Å². The number of halogens is 2. The van der Waals surface area contributed by atoms with Crippen molar-refractivity contribution in [3.05, 3.63) is 69.3 Å². The lowest BCUT2D eigenvalue weighted by molar-refractivity contribution is -0.143. The van der Waals surface area contributed by atoms with Crippen molar-refractivity contribution in [2.75, 3.05) is 7.11 Å². The standard InChI is InChI=1S/C19H16Cl2N2O2/c1-25-19(24)16-9-13-11-4-2-3-5-15(11)22-18(13)17(23-16)12-7-6-10(20)8-14(12)21/h2-8,16-17,22-23H,9H2,1H3. The Kier molecular flexibility index (Phi) is 4.20. The van der Waals surface area contributed by atoms with Crippen LogP contribution in [0.3, 0.4) is 0 Å². The van der Waals surface area contributed by atoms with Crippen molar-refractivity contribution >= 4 is 40.1 Å². The minimum Gasteiger partial charge on any atom is -0.468 e. The summed E-state index contributed by atoms with van der Waals surface area (Å²) in [5.74, 6) is -0.286. The number of rotatable bonds is 2. The maximum atomic E-state index is 12.2. The molecule has 2 N–H and O–H groups in total. The van der Waals surface area contributed by atoms with Crippen molar-refractivity contribution in [1.29, 1.82) is 0 Å². The molecule has 2 unspecified atom stereocenters. The average molecular weight is 375 g/mol. The van der Waals surface area contributed by atoms with Gasteiger partial charge >= 0.3 is 5.97 Å². The number of carbonyl (C=O) groups excluding carboxylic acids is 1. The second-order valence-electron chi connectivity index (χ2n) is 6.11. The summed E-state index contributed by atoms with van der Waals surface area (Å²) in [7, 11) is 1.40. The Morgan fingerprint density at radius 2 is 2.00 bits per heavy atom. The minimum absolute atomic E-state index is 0.245.